The lowest BCUT2D eigenvalue weighted by Gasteiger charge is -2.09. The van der Waals surface area contributed by atoms with E-state index < -0.39 is 0 Å². The number of benzene rings is 2. The minimum absolute atomic E-state index is 0.0419. The molecule has 0 saturated carbocycles. The zero-order valence-electron chi connectivity index (χ0n) is 14.3. The number of halogens is 2. The van der Waals surface area contributed by atoms with Crippen LogP contribution in [0.1, 0.15) is 12.8 Å². The number of fused-ring (bicyclic) bond motifs is 1. The molecule has 26 heavy (non-hydrogen) atoms. The lowest BCUT2D eigenvalue weighted by Crippen LogP contribution is -2.27. The summed E-state index contributed by atoms with van der Waals surface area (Å²) in [6, 6.07) is 15.7. The zero-order valence-corrected chi connectivity index (χ0v) is 16.6. The number of nitrogens with zero attached hydrogens (tertiary/aromatic N) is 1. The van der Waals surface area contributed by atoms with Gasteiger partial charge in [0.2, 0.25) is 5.91 Å². The Bertz CT molecular complexity index is 894. The third kappa shape index (κ3) is 5.02. The van der Waals surface area contributed by atoms with Gasteiger partial charge in [0, 0.05) is 36.2 Å². The average molecular weight is 436 g/mol. The molecule has 0 aliphatic heterocycles. The molecule has 2 aromatic carbocycles. The number of carbonyl (C=O) groups is 1. The molecule has 0 spiro atoms. The average Bonchev–Trinajstić information content (AvgIpc) is 3.03. The molecule has 0 aliphatic carbocycles. The Morgan fingerprint density at radius 1 is 1.19 bits per heavy atom. The maximum absolute atomic E-state index is 12.0. The van der Waals surface area contributed by atoms with E-state index in [0.29, 0.717) is 31.0 Å². The van der Waals surface area contributed by atoms with Crippen LogP contribution < -0.4 is 10.1 Å². The molecule has 0 bridgehead atoms. The topological polar surface area (TPSA) is 43.3 Å². The molecule has 1 N–H and O–H groups in total. The molecule has 0 saturated heterocycles. The fourth-order valence-corrected chi connectivity index (χ4v) is 3.54. The van der Waals surface area contributed by atoms with Crippen LogP contribution in [0.15, 0.2) is 59.2 Å². The Labute approximate surface area is 166 Å². The minimum atomic E-state index is 0.0419. The Morgan fingerprint density at radius 2 is 2.04 bits per heavy atom. The minimum Gasteiger partial charge on any atom is -0.492 e. The first-order valence-electron chi connectivity index (χ1n) is 8.52. The molecule has 0 atom stereocenters. The Balaban J connectivity index is 1.35. The highest BCUT2D eigenvalue weighted by Gasteiger charge is 2.05. The van der Waals surface area contributed by atoms with E-state index >= 15 is 0 Å². The van der Waals surface area contributed by atoms with E-state index in [1.807, 2.05) is 18.2 Å². The number of aromatic nitrogens is 1. The number of nitrogens with one attached hydrogen (secondary N) is 1. The Hall–Kier alpha value is -1.98. The summed E-state index contributed by atoms with van der Waals surface area (Å²) in [5.74, 6) is 0.773. The van der Waals surface area contributed by atoms with Crippen LogP contribution >= 0.6 is 27.5 Å². The summed E-state index contributed by atoms with van der Waals surface area (Å²) >= 11 is 9.30. The SMILES string of the molecule is O=C(CCCOc1ccc(Cl)cc1Br)NCCn1ccc2ccccc21. The van der Waals surface area contributed by atoms with Crippen molar-refractivity contribution < 1.29 is 9.53 Å². The number of rotatable bonds is 8. The van der Waals surface area contributed by atoms with Gasteiger partial charge >= 0.3 is 0 Å². The van der Waals surface area contributed by atoms with Crippen LogP contribution in [-0.2, 0) is 11.3 Å². The summed E-state index contributed by atoms with van der Waals surface area (Å²) in [4.78, 5) is 12.0. The molecule has 136 valence electrons. The largest absolute Gasteiger partial charge is 0.492 e. The molecule has 0 aliphatic rings. The third-order valence-corrected chi connectivity index (χ3v) is 4.91. The van der Waals surface area contributed by atoms with E-state index in [1.165, 1.54) is 10.9 Å². The van der Waals surface area contributed by atoms with Gasteiger partial charge in [0.25, 0.3) is 0 Å². The van der Waals surface area contributed by atoms with E-state index in [0.717, 1.165) is 16.8 Å². The molecule has 3 rings (SSSR count). The van der Waals surface area contributed by atoms with Crippen LogP contribution in [0.3, 0.4) is 0 Å². The van der Waals surface area contributed by atoms with Crippen molar-refractivity contribution in [2.45, 2.75) is 19.4 Å². The van der Waals surface area contributed by atoms with Gasteiger partial charge in [-0.15, -0.1) is 0 Å². The number of ether oxygens (including phenoxy) is 1. The fourth-order valence-electron chi connectivity index (χ4n) is 2.75. The van der Waals surface area contributed by atoms with Gasteiger partial charge in [0.05, 0.1) is 11.1 Å². The lowest BCUT2D eigenvalue weighted by atomic mass is 10.2. The molecular formula is C20H20BrClN2O2. The van der Waals surface area contributed by atoms with Gasteiger partial charge in [-0.1, -0.05) is 29.8 Å². The van der Waals surface area contributed by atoms with E-state index in [4.69, 9.17) is 16.3 Å². The second kappa shape index (κ2) is 9.10. The zero-order chi connectivity index (χ0) is 18.4. The smallest absolute Gasteiger partial charge is 0.220 e. The number of hydrogen-bond acceptors (Lipinski definition) is 2. The van der Waals surface area contributed by atoms with Gasteiger partial charge in [-0.3, -0.25) is 4.79 Å². The van der Waals surface area contributed by atoms with Gasteiger partial charge in [0.1, 0.15) is 5.75 Å². The van der Waals surface area contributed by atoms with Crippen LogP contribution in [0.5, 0.6) is 5.75 Å². The van der Waals surface area contributed by atoms with Gasteiger partial charge in [-0.05, 0) is 58.1 Å². The lowest BCUT2D eigenvalue weighted by molar-refractivity contribution is -0.121. The second-order valence-corrected chi connectivity index (χ2v) is 7.24. The van der Waals surface area contributed by atoms with Crippen LogP contribution in [0.2, 0.25) is 5.02 Å². The first-order chi connectivity index (χ1) is 12.6. The molecule has 0 unspecified atom stereocenters. The molecule has 1 amide bonds. The first-order valence-corrected chi connectivity index (χ1v) is 9.69. The van der Waals surface area contributed by atoms with Crippen molar-refractivity contribution in [3.63, 3.8) is 0 Å². The van der Waals surface area contributed by atoms with Crippen molar-refractivity contribution in [1.29, 1.82) is 0 Å². The van der Waals surface area contributed by atoms with Crippen LogP contribution in [0.4, 0.5) is 0 Å². The summed E-state index contributed by atoms with van der Waals surface area (Å²) in [5, 5.41) is 4.83. The fraction of sp³-hybridized carbons (Fsp3) is 0.250. The molecular weight excluding hydrogens is 416 g/mol. The summed E-state index contributed by atoms with van der Waals surface area (Å²) in [7, 11) is 0. The highest BCUT2D eigenvalue weighted by atomic mass is 79.9. The van der Waals surface area contributed by atoms with Crippen LogP contribution in [-0.4, -0.2) is 23.6 Å². The van der Waals surface area contributed by atoms with E-state index in [2.05, 4.69) is 50.2 Å². The van der Waals surface area contributed by atoms with Crippen molar-refractivity contribution >= 4 is 44.3 Å². The highest BCUT2D eigenvalue weighted by molar-refractivity contribution is 9.10. The number of carbonyl (C=O) groups excluding carboxylic acids is 1. The summed E-state index contributed by atoms with van der Waals surface area (Å²) < 4.78 is 8.63. The predicted octanol–water partition coefficient (Wildman–Crippen LogP) is 5.03. The highest BCUT2D eigenvalue weighted by Crippen LogP contribution is 2.28. The van der Waals surface area contributed by atoms with Crippen molar-refractivity contribution in [2.75, 3.05) is 13.2 Å². The Morgan fingerprint density at radius 3 is 2.88 bits per heavy atom. The van der Waals surface area contributed by atoms with Crippen molar-refractivity contribution in [3.05, 3.63) is 64.2 Å². The van der Waals surface area contributed by atoms with Crippen LogP contribution in [0, 0.1) is 0 Å². The normalized spacial score (nSPS) is 10.8. The maximum atomic E-state index is 12.0. The van der Waals surface area contributed by atoms with Gasteiger partial charge < -0.3 is 14.6 Å². The first kappa shape index (κ1) is 18.8. The molecule has 1 aromatic heterocycles. The monoisotopic (exact) mass is 434 g/mol. The number of hydrogen-bond donors (Lipinski definition) is 1. The van der Waals surface area contributed by atoms with Gasteiger partial charge in [-0.2, -0.15) is 0 Å². The second-order valence-electron chi connectivity index (χ2n) is 5.94. The molecule has 3 aromatic rings. The van der Waals surface area contributed by atoms with Crippen molar-refractivity contribution in [1.82, 2.24) is 9.88 Å². The molecule has 6 heteroatoms. The van der Waals surface area contributed by atoms with Crippen molar-refractivity contribution in [3.8, 4) is 5.75 Å². The molecule has 1 heterocycles. The number of para-hydroxylation sites is 1. The summed E-state index contributed by atoms with van der Waals surface area (Å²) in [6.07, 6.45) is 3.15. The van der Waals surface area contributed by atoms with Gasteiger partial charge in [-0.25, -0.2) is 0 Å². The van der Waals surface area contributed by atoms with Crippen LogP contribution in [0.25, 0.3) is 10.9 Å². The van der Waals surface area contributed by atoms with E-state index in [1.54, 1.807) is 12.1 Å². The molecule has 0 fully saturated rings. The quantitative estimate of drug-likeness (QED) is 0.504. The number of amides is 1. The van der Waals surface area contributed by atoms with E-state index in [9.17, 15) is 4.79 Å². The third-order valence-electron chi connectivity index (χ3n) is 4.05. The Kier molecular flexibility index (Phi) is 6.58. The molecule has 0 radical (unpaired) electrons. The maximum Gasteiger partial charge on any atom is 0.220 e. The van der Waals surface area contributed by atoms with Gasteiger partial charge in [0.15, 0.2) is 0 Å². The standard InChI is InChI=1S/C20H20BrClN2O2/c21-17-14-16(22)7-8-19(17)26-13-3-6-20(25)23-10-12-24-11-9-15-4-1-2-5-18(15)24/h1-2,4-5,7-9,11,14H,3,6,10,12-13H2,(H,23,25). The summed E-state index contributed by atoms with van der Waals surface area (Å²) in [6.45, 7) is 1.85. The van der Waals surface area contributed by atoms with E-state index in [-0.39, 0.29) is 5.91 Å². The summed E-state index contributed by atoms with van der Waals surface area (Å²) in [5.41, 5.74) is 1.18. The molecule has 4 nitrogen and oxygen atoms in total. The predicted molar refractivity (Wildman–Crippen MR) is 109 cm³/mol. The van der Waals surface area contributed by atoms with Crippen molar-refractivity contribution in [2.24, 2.45) is 0 Å².